The van der Waals surface area contributed by atoms with Gasteiger partial charge in [-0.1, -0.05) is 38.1 Å². The molecule has 0 aromatic heterocycles. The number of likely N-dealkylation sites (tertiary alicyclic amines) is 1. The van der Waals surface area contributed by atoms with Crippen LogP contribution in [0.3, 0.4) is 0 Å². The van der Waals surface area contributed by atoms with E-state index in [-0.39, 0.29) is 11.4 Å². The topological polar surface area (TPSA) is 54.4 Å². The smallest absolute Gasteiger partial charge is 0.225 e. The number of hydrogen-bond donors (Lipinski definition) is 1. The van der Waals surface area contributed by atoms with E-state index in [0.717, 1.165) is 69.4 Å². The number of thioether (sulfide) groups is 1. The van der Waals surface area contributed by atoms with E-state index in [1.807, 2.05) is 5.01 Å². The van der Waals surface area contributed by atoms with Gasteiger partial charge in [0.15, 0.2) is 10.7 Å². The molecule has 5 rings (SSSR count). The summed E-state index contributed by atoms with van der Waals surface area (Å²) in [5.41, 5.74) is 3.80. The Labute approximate surface area is 201 Å². The predicted molar refractivity (Wildman–Crippen MR) is 135 cm³/mol. The van der Waals surface area contributed by atoms with E-state index >= 15 is 0 Å². The summed E-state index contributed by atoms with van der Waals surface area (Å²) in [5.74, 6) is 1.07. The fraction of sp³-hybridized carbons (Fsp3) is 0.600. The lowest BCUT2D eigenvalue weighted by atomic mass is 9.95. The van der Waals surface area contributed by atoms with Gasteiger partial charge in [0, 0.05) is 38.6 Å². The van der Waals surface area contributed by atoms with Gasteiger partial charge < -0.3 is 20.0 Å². The molecule has 1 aromatic carbocycles. The van der Waals surface area contributed by atoms with Gasteiger partial charge in [-0.2, -0.15) is 0 Å². The summed E-state index contributed by atoms with van der Waals surface area (Å²) in [6, 6.07) is 8.80. The second-order valence-electron chi connectivity index (χ2n) is 9.94. The van der Waals surface area contributed by atoms with Crippen LogP contribution in [0.4, 0.5) is 0 Å². The molecule has 0 radical (unpaired) electrons. The number of hydrazone groups is 1. The normalized spacial score (nSPS) is 24.5. The average Bonchev–Trinajstić information content (AvgIpc) is 3.33. The van der Waals surface area contributed by atoms with Crippen molar-refractivity contribution in [2.45, 2.75) is 44.5 Å². The molecule has 1 N–H and O–H groups in total. The number of hydrogen-bond acceptors (Lipinski definition) is 7. The number of likely N-dealkylation sites (N-methyl/N-ethyl adjacent to an activating group) is 1. The maximum absolute atomic E-state index is 13.1. The minimum atomic E-state index is 0.119. The van der Waals surface area contributed by atoms with Gasteiger partial charge in [-0.3, -0.25) is 4.79 Å². The van der Waals surface area contributed by atoms with Gasteiger partial charge in [0.05, 0.1) is 11.9 Å². The van der Waals surface area contributed by atoms with Crippen molar-refractivity contribution in [1.29, 1.82) is 0 Å². The molecule has 0 bridgehead atoms. The molecule has 4 aliphatic heterocycles. The number of carbonyl (C=O) groups is 1. The largest absolute Gasteiger partial charge is 0.353 e. The SMILES string of the molecule is CC(C)c1ccc(C2=CN3N=C(N4CCC(C(=O)N5CCCN(C)CC5)CC4)SC3N2)cc1. The maximum atomic E-state index is 13.1. The van der Waals surface area contributed by atoms with Crippen molar-refractivity contribution in [3.05, 3.63) is 41.6 Å². The predicted octanol–water partition coefficient (Wildman–Crippen LogP) is 3.19. The lowest BCUT2D eigenvalue weighted by molar-refractivity contribution is -0.136. The van der Waals surface area contributed by atoms with Crippen LogP contribution in [0.25, 0.3) is 5.70 Å². The summed E-state index contributed by atoms with van der Waals surface area (Å²) >= 11 is 1.77. The van der Waals surface area contributed by atoms with Crippen molar-refractivity contribution in [2.24, 2.45) is 11.0 Å². The van der Waals surface area contributed by atoms with Crippen LogP contribution in [0.5, 0.6) is 0 Å². The summed E-state index contributed by atoms with van der Waals surface area (Å²) in [6.45, 7) is 10.1. The van der Waals surface area contributed by atoms with Crippen LogP contribution in [-0.2, 0) is 4.79 Å². The zero-order valence-corrected chi connectivity index (χ0v) is 20.9. The summed E-state index contributed by atoms with van der Waals surface area (Å²) in [7, 11) is 2.15. The first kappa shape index (κ1) is 22.6. The standard InChI is InChI=1S/C25H36N6OS/c1-18(2)19-5-7-20(8-6-19)22-17-31-24(26-22)33-25(27-31)30-13-9-21(10-14-30)23(32)29-12-4-11-28(3)15-16-29/h5-8,17-18,21,24,26H,4,9-16H2,1-3H3. The monoisotopic (exact) mass is 468 g/mol. The molecule has 2 fully saturated rings. The van der Waals surface area contributed by atoms with Gasteiger partial charge in [-0.05, 0) is 61.7 Å². The highest BCUT2D eigenvalue weighted by molar-refractivity contribution is 8.14. The number of nitrogens with zero attached hydrogens (tertiary/aromatic N) is 5. The Hall–Kier alpha value is -2.19. The Balaban J connectivity index is 1.16. The second kappa shape index (κ2) is 9.58. The van der Waals surface area contributed by atoms with Gasteiger partial charge in [0.25, 0.3) is 0 Å². The number of piperidine rings is 1. The van der Waals surface area contributed by atoms with Crippen molar-refractivity contribution in [2.75, 3.05) is 46.3 Å². The number of amidine groups is 1. The highest BCUT2D eigenvalue weighted by Crippen LogP contribution is 2.35. The van der Waals surface area contributed by atoms with Gasteiger partial charge in [0.1, 0.15) is 0 Å². The van der Waals surface area contributed by atoms with Crippen LogP contribution in [-0.4, -0.2) is 82.6 Å². The van der Waals surface area contributed by atoms with Crippen LogP contribution in [0.2, 0.25) is 0 Å². The van der Waals surface area contributed by atoms with Crippen molar-refractivity contribution < 1.29 is 4.79 Å². The number of fused-ring (bicyclic) bond motifs is 1. The van der Waals surface area contributed by atoms with Gasteiger partial charge in [0.2, 0.25) is 5.91 Å². The van der Waals surface area contributed by atoms with Gasteiger partial charge in [-0.25, -0.2) is 5.01 Å². The van der Waals surface area contributed by atoms with Crippen molar-refractivity contribution in [3.8, 4) is 0 Å². The fourth-order valence-electron chi connectivity index (χ4n) is 5.01. The summed E-state index contributed by atoms with van der Waals surface area (Å²) in [4.78, 5) is 19.8. The molecule has 178 valence electrons. The van der Waals surface area contributed by atoms with E-state index in [1.54, 1.807) is 11.8 Å². The molecule has 4 aliphatic rings. The van der Waals surface area contributed by atoms with Crippen molar-refractivity contribution in [1.82, 2.24) is 25.0 Å². The molecule has 0 saturated carbocycles. The second-order valence-corrected chi connectivity index (χ2v) is 11.0. The molecular formula is C25H36N6OS. The quantitative estimate of drug-likeness (QED) is 0.735. The van der Waals surface area contributed by atoms with E-state index in [9.17, 15) is 4.79 Å². The number of amides is 1. The Morgan fingerprint density at radius 3 is 2.52 bits per heavy atom. The van der Waals surface area contributed by atoms with E-state index in [0.29, 0.717) is 11.8 Å². The molecular weight excluding hydrogens is 432 g/mol. The Morgan fingerprint density at radius 1 is 1.06 bits per heavy atom. The molecule has 1 aromatic rings. The Bertz CT molecular complexity index is 921. The van der Waals surface area contributed by atoms with Gasteiger partial charge in [-0.15, -0.1) is 5.10 Å². The molecule has 1 atom stereocenters. The number of benzene rings is 1. The molecule has 1 amide bonds. The molecule has 4 heterocycles. The fourth-order valence-corrected chi connectivity index (χ4v) is 6.08. The van der Waals surface area contributed by atoms with Crippen molar-refractivity contribution >= 4 is 28.5 Å². The van der Waals surface area contributed by atoms with Gasteiger partial charge >= 0.3 is 0 Å². The van der Waals surface area contributed by atoms with Crippen LogP contribution in [0.1, 0.15) is 50.2 Å². The van der Waals surface area contributed by atoms with E-state index in [1.165, 1.54) is 11.1 Å². The minimum Gasteiger partial charge on any atom is -0.353 e. The maximum Gasteiger partial charge on any atom is 0.225 e. The van der Waals surface area contributed by atoms with Crippen molar-refractivity contribution in [3.63, 3.8) is 0 Å². The molecule has 1 unspecified atom stereocenters. The lowest BCUT2D eigenvalue weighted by Gasteiger charge is -2.34. The summed E-state index contributed by atoms with van der Waals surface area (Å²) in [5, 5.41) is 11.6. The number of carbonyl (C=O) groups excluding carboxylic acids is 1. The molecule has 0 spiro atoms. The van der Waals surface area contributed by atoms with Crippen LogP contribution in [0, 0.1) is 5.92 Å². The van der Waals surface area contributed by atoms with E-state index < -0.39 is 0 Å². The van der Waals surface area contributed by atoms with E-state index in [4.69, 9.17) is 5.10 Å². The first-order valence-corrected chi connectivity index (χ1v) is 13.2. The Kier molecular flexibility index (Phi) is 6.56. The highest BCUT2D eigenvalue weighted by Gasteiger charge is 2.37. The third-order valence-corrected chi connectivity index (χ3v) is 8.34. The molecule has 8 heteroatoms. The molecule has 0 aliphatic carbocycles. The third-order valence-electron chi connectivity index (χ3n) is 7.23. The van der Waals surface area contributed by atoms with Crippen LogP contribution in [0.15, 0.2) is 35.6 Å². The average molecular weight is 469 g/mol. The highest BCUT2D eigenvalue weighted by atomic mass is 32.2. The minimum absolute atomic E-state index is 0.119. The zero-order chi connectivity index (χ0) is 22.9. The first-order chi connectivity index (χ1) is 16.0. The number of rotatable bonds is 3. The molecule has 7 nitrogen and oxygen atoms in total. The lowest BCUT2D eigenvalue weighted by Crippen LogP contribution is -2.44. The van der Waals surface area contributed by atoms with Crippen LogP contribution >= 0.6 is 11.8 Å². The summed E-state index contributed by atoms with van der Waals surface area (Å²) in [6.07, 6.45) is 5.04. The first-order valence-electron chi connectivity index (χ1n) is 12.3. The summed E-state index contributed by atoms with van der Waals surface area (Å²) < 4.78 is 0. The number of nitrogens with one attached hydrogen (secondary N) is 1. The zero-order valence-electron chi connectivity index (χ0n) is 20.0. The third kappa shape index (κ3) is 4.87. The van der Waals surface area contributed by atoms with E-state index in [2.05, 4.69) is 71.4 Å². The Morgan fingerprint density at radius 2 is 1.82 bits per heavy atom. The van der Waals surface area contributed by atoms with Crippen LogP contribution < -0.4 is 5.32 Å². The molecule has 2 saturated heterocycles. The molecule has 33 heavy (non-hydrogen) atoms.